The molecule has 0 bridgehead atoms. The lowest BCUT2D eigenvalue weighted by atomic mass is 9.77. The molecule has 0 aliphatic heterocycles. The van der Waals surface area contributed by atoms with Gasteiger partial charge in [0.05, 0.1) is 0 Å². The Labute approximate surface area is 132 Å². The lowest BCUT2D eigenvalue weighted by molar-refractivity contribution is 0.439. The van der Waals surface area contributed by atoms with Gasteiger partial charge in [0.25, 0.3) is 0 Å². The summed E-state index contributed by atoms with van der Waals surface area (Å²) < 4.78 is 0. The molecule has 0 N–H and O–H groups in total. The maximum Gasteiger partial charge on any atom is -0.00805 e. The molecule has 0 spiro atoms. The number of benzene rings is 1. The van der Waals surface area contributed by atoms with Crippen LogP contribution in [0.4, 0.5) is 0 Å². The van der Waals surface area contributed by atoms with E-state index in [0.29, 0.717) is 5.41 Å². The largest absolute Gasteiger partial charge is 0.0985 e. The van der Waals surface area contributed by atoms with E-state index < -0.39 is 0 Å². The van der Waals surface area contributed by atoms with Crippen molar-refractivity contribution in [1.29, 1.82) is 0 Å². The second-order valence-corrected chi connectivity index (χ2v) is 6.68. The van der Waals surface area contributed by atoms with Crippen LogP contribution in [0, 0.1) is 5.92 Å². The first-order valence-corrected chi connectivity index (χ1v) is 8.40. The molecule has 0 aromatic heterocycles. The van der Waals surface area contributed by atoms with Crippen molar-refractivity contribution in [3.8, 4) is 0 Å². The van der Waals surface area contributed by atoms with E-state index in [4.69, 9.17) is 0 Å². The zero-order valence-corrected chi connectivity index (χ0v) is 14.6. The molecule has 0 atom stereocenters. The highest BCUT2D eigenvalue weighted by Gasteiger charge is 2.21. The number of allylic oxidation sites excluding steroid dienone is 3. The normalized spacial score (nSPS) is 12.8. The van der Waals surface area contributed by atoms with Gasteiger partial charge in [-0.3, -0.25) is 0 Å². The van der Waals surface area contributed by atoms with Crippen molar-refractivity contribution < 1.29 is 0 Å². The van der Waals surface area contributed by atoms with Crippen LogP contribution >= 0.6 is 0 Å². The molecular formula is C21H32. The van der Waals surface area contributed by atoms with E-state index in [0.717, 1.165) is 12.3 Å². The van der Waals surface area contributed by atoms with Gasteiger partial charge in [-0.1, -0.05) is 77.6 Å². The van der Waals surface area contributed by atoms with Crippen LogP contribution in [0.25, 0.3) is 5.57 Å². The topological polar surface area (TPSA) is 0 Å². The van der Waals surface area contributed by atoms with Gasteiger partial charge in [-0.25, -0.2) is 0 Å². The molecule has 1 aromatic carbocycles. The summed E-state index contributed by atoms with van der Waals surface area (Å²) in [6.45, 7) is 15.4. The molecule has 0 heterocycles. The average Bonchev–Trinajstić information content (AvgIpc) is 2.51. The highest BCUT2D eigenvalue weighted by atomic mass is 14.3. The smallest absolute Gasteiger partial charge is 0.00805 e. The molecule has 0 unspecified atom stereocenters. The Morgan fingerprint density at radius 1 is 1.14 bits per heavy atom. The van der Waals surface area contributed by atoms with E-state index in [1.165, 1.54) is 36.0 Å². The lowest BCUT2D eigenvalue weighted by Crippen LogP contribution is -2.19. The van der Waals surface area contributed by atoms with Crippen LogP contribution in [0.2, 0.25) is 0 Å². The minimum Gasteiger partial charge on any atom is -0.0985 e. The third-order valence-corrected chi connectivity index (χ3v) is 4.80. The van der Waals surface area contributed by atoms with Crippen LogP contribution in [0.15, 0.2) is 43.0 Å². The van der Waals surface area contributed by atoms with Gasteiger partial charge in [-0.15, -0.1) is 0 Å². The zero-order chi connectivity index (χ0) is 15.9. The van der Waals surface area contributed by atoms with Gasteiger partial charge in [0.2, 0.25) is 0 Å². The molecule has 0 saturated carbocycles. The summed E-state index contributed by atoms with van der Waals surface area (Å²) in [6.07, 6.45) is 9.03. The summed E-state index contributed by atoms with van der Waals surface area (Å²) in [4.78, 5) is 0. The van der Waals surface area contributed by atoms with Crippen molar-refractivity contribution in [1.82, 2.24) is 0 Å². The van der Waals surface area contributed by atoms with Crippen LogP contribution < -0.4 is 0 Å². The third-order valence-electron chi connectivity index (χ3n) is 4.80. The highest BCUT2D eigenvalue weighted by Crippen LogP contribution is 2.31. The van der Waals surface area contributed by atoms with Crippen molar-refractivity contribution in [2.24, 2.45) is 5.92 Å². The first-order valence-electron chi connectivity index (χ1n) is 8.40. The first kappa shape index (κ1) is 17.8. The standard InChI is InChI=1S/C21H32/c1-7-18(12-10-11-17(4)5)19-13-15-20(16-14-19)21(6,8-2)9-3/h7,12-17H,1,8-11H2,2-6H3/b18-12+. The van der Waals surface area contributed by atoms with E-state index in [9.17, 15) is 0 Å². The second kappa shape index (κ2) is 8.22. The Morgan fingerprint density at radius 3 is 2.14 bits per heavy atom. The first-order chi connectivity index (χ1) is 9.96. The van der Waals surface area contributed by atoms with Crippen LogP contribution in [0.1, 0.15) is 71.4 Å². The van der Waals surface area contributed by atoms with E-state index >= 15 is 0 Å². The minimum absolute atomic E-state index is 0.300. The van der Waals surface area contributed by atoms with E-state index in [2.05, 4.69) is 71.5 Å². The molecule has 0 aliphatic rings. The summed E-state index contributed by atoms with van der Waals surface area (Å²) in [6, 6.07) is 9.09. The number of hydrogen-bond acceptors (Lipinski definition) is 0. The van der Waals surface area contributed by atoms with Gasteiger partial charge in [-0.2, -0.15) is 0 Å². The monoisotopic (exact) mass is 284 g/mol. The molecule has 1 rings (SSSR count). The minimum atomic E-state index is 0.300. The molecule has 1 aromatic rings. The van der Waals surface area contributed by atoms with E-state index in [1.54, 1.807) is 0 Å². The van der Waals surface area contributed by atoms with Crippen LogP contribution in [0.3, 0.4) is 0 Å². The second-order valence-electron chi connectivity index (χ2n) is 6.68. The maximum absolute atomic E-state index is 3.97. The van der Waals surface area contributed by atoms with Crippen molar-refractivity contribution in [3.63, 3.8) is 0 Å². The summed E-state index contributed by atoms with van der Waals surface area (Å²) in [5, 5.41) is 0. The fraction of sp³-hybridized carbons (Fsp3) is 0.524. The Morgan fingerprint density at radius 2 is 1.71 bits per heavy atom. The van der Waals surface area contributed by atoms with Crippen molar-refractivity contribution >= 4 is 5.57 Å². The van der Waals surface area contributed by atoms with Gasteiger partial charge in [-0.05, 0) is 53.7 Å². The van der Waals surface area contributed by atoms with Crippen molar-refractivity contribution in [2.75, 3.05) is 0 Å². The number of hydrogen-bond donors (Lipinski definition) is 0. The van der Waals surface area contributed by atoms with Crippen LogP contribution in [-0.2, 0) is 5.41 Å². The highest BCUT2D eigenvalue weighted by molar-refractivity contribution is 5.73. The zero-order valence-electron chi connectivity index (χ0n) is 14.6. The summed E-state index contributed by atoms with van der Waals surface area (Å²) >= 11 is 0. The maximum atomic E-state index is 3.97. The van der Waals surface area contributed by atoms with Gasteiger partial charge >= 0.3 is 0 Å². The fourth-order valence-electron chi connectivity index (χ4n) is 2.61. The predicted octanol–water partition coefficient (Wildman–Crippen LogP) is 6.77. The number of rotatable bonds is 8. The molecule has 0 nitrogen and oxygen atoms in total. The van der Waals surface area contributed by atoms with E-state index in [-0.39, 0.29) is 0 Å². The third kappa shape index (κ3) is 4.88. The van der Waals surface area contributed by atoms with Gasteiger partial charge in [0, 0.05) is 0 Å². The van der Waals surface area contributed by atoms with Crippen LogP contribution in [0.5, 0.6) is 0 Å². The van der Waals surface area contributed by atoms with Gasteiger partial charge in [0.15, 0.2) is 0 Å². The molecule has 0 fully saturated rings. The fourth-order valence-corrected chi connectivity index (χ4v) is 2.61. The molecular weight excluding hydrogens is 252 g/mol. The molecule has 0 amide bonds. The Balaban J connectivity index is 2.92. The van der Waals surface area contributed by atoms with E-state index in [1.807, 2.05) is 6.08 Å². The molecule has 21 heavy (non-hydrogen) atoms. The Bertz CT molecular complexity index is 455. The lowest BCUT2D eigenvalue weighted by Gasteiger charge is -2.27. The van der Waals surface area contributed by atoms with Crippen molar-refractivity contribution in [2.45, 2.75) is 65.7 Å². The Kier molecular flexibility index (Phi) is 6.95. The molecule has 0 aliphatic carbocycles. The van der Waals surface area contributed by atoms with Crippen molar-refractivity contribution in [3.05, 3.63) is 54.1 Å². The molecule has 0 radical (unpaired) electrons. The van der Waals surface area contributed by atoms with Gasteiger partial charge in [0.1, 0.15) is 0 Å². The van der Waals surface area contributed by atoms with Gasteiger partial charge < -0.3 is 0 Å². The average molecular weight is 284 g/mol. The predicted molar refractivity (Wildman–Crippen MR) is 96.6 cm³/mol. The summed E-state index contributed by atoms with van der Waals surface area (Å²) in [7, 11) is 0. The van der Waals surface area contributed by atoms with Crippen LogP contribution in [-0.4, -0.2) is 0 Å². The molecule has 0 saturated heterocycles. The Hall–Kier alpha value is -1.30. The molecule has 116 valence electrons. The molecule has 0 heteroatoms. The SMILES string of the molecule is C=C/C(=C\CCC(C)C)c1ccc(C(C)(CC)CC)cc1. The summed E-state index contributed by atoms with van der Waals surface area (Å²) in [5.41, 5.74) is 4.29. The summed E-state index contributed by atoms with van der Waals surface area (Å²) in [5.74, 6) is 0.754. The quantitative estimate of drug-likeness (QED) is 0.462.